The van der Waals surface area contributed by atoms with Crippen molar-refractivity contribution in [3.8, 4) is 0 Å². The summed E-state index contributed by atoms with van der Waals surface area (Å²) in [4.78, 5) is 12.6. The summed E-state index contributed by atoms with van der Waals surface area (Å²) in [6.45, 7) is 0.866. The quantitative estimate of drug-likeness (QED) is 0.755. The molecule has 1 aromatic carbocycles. The minimum absolute atomic E-state index is 0.0752. The van der Waals surface area contributed by atoms with Crippen LogP contribution < -0.4 is 0 Å². The molecule has 0 atom stereocenters. The number of Topliss-reactive ketones (excluding diaryl/α,β-unsaturated/α-hetero) is 1. The Kier molecular flexibility index (Phi) is 5.92. The van der Waals surface area contributed by atoms with Gasteiger partial charge in [0.2, 0.25) is 0 Å². The molecule has 2 fully saturated rings. The standard InChI is InChI=1S/C19H28N2O3S/c1-20(18-10-6-3-7-11-18)25(23,24)21-14-12-17(13-15-21)19(22)16-8-4-2-5-9-16/h2,4-5,8-9,17-18H,3,6-7,10-15H2,1H3. The molecular weight excluding hydrogens is 336 g/mol. The summed E-state index contributed by atoms with van der Waals surface area (Å²) in [7, 11) is -1.71. The zero-order valence-corrected chi connectivity index (χ0v) is 15.7. The maximum Gasteiger partial charge on any atom is 0.281 e. The van der Waals surface area contributed by atoms with Crippen LogP contribution in [0.3, 0.4) is 0 Å². The first-order valence-electron chi connectivity index (χ1n) is 9.32. The highest BCUT2D eigenvalue weighted by molar-refractivity contribution is 7.86. The summed E-state index contributed by atoms with van der Waals surface area (Å²) in [5, 5.41) is 0. The minimum atomic E-state index is -3.42. The van der Waals surface area contributed by atoms with Gasteiger partial charge < -0.3 is 0 Å². The van der Waals surface area contributed by atoms with Gasteiger partial charge in [-0.2, -0.15) is 17.0 Å². The van der Waals surface area contributed by atoms with Crippen LogP contribution in [0.5, 0.6) is 0 Å². The largest absolute Gasteiger partial charge is 0.294 e. The predicted molar refractivity (Wildman–Crippen MR) is 98.6 cm³/mol. The van der Waals surface area contributed by atoms with Gasteiger partial charge in [-0.3, -0.25) is 4.79 Å². The molecule has 1 aromatic rings. The molecule has 0 amide bonds. The molecule has 3 rings (SSSR count). The molecule has 138 valence electrons. The van der Waals surface area contributed by atoms with Gasteiger partial charge in [0, 0.05) is 37.7 Å². The van der Waals surface area contributed by atoms with Crippen LogP contribution in [0, 0.1) is 5.92 Å². The van der Waals surface area contributed by atoms with Crippen LogP contribution in [0.1, 0.15) is 55.3 Å². The highest BCUT2D eigenvalue weighted by Crippen LogP contribution is 2.28. The van der Waals surface area contributed by atoms with Gasteiger partial charge in [-0.25, -0.2) is 0 Å². The molecule has 0 unspecified atom stereocenters. The molecule has 0 radical (unpaired) electrons. The van der Waals surface area contributed by atoms with Crippen LogP contribution in [0.2, 0.25) is 0 Å². The number of ketones is 1. The van der Waals surface area contributed by atoms with E-state index in [1.54, 1.807) is 15.7 Å². The van der Waals surface area contributed by atoms with E-state index in [1.165, 1.54) is 6.42 Å². The van der Waals surface area contributed by atoms with E-state index in [2.05, 4.69) is 0 Å². The maximum atomic E-state index is 12.9. The predicted octanol–water partition coefficient (Wildman–Crippen LogP) is 3.09. The third kappa shape index (κ3) is 4.13. The van der Waals surface area contributed by atoms with E-state index < -0.39 is 10.2 Å². The lowest BCUT2D eigenvalue weighted by atomic mass is 9.90. The summed E-state index contributed by atoms with van der Waals surface area (Å²) >= 11 is 0. The third-order valence-corrected chi connectivity index (χ3v) is 7.71. The lowest BCUT2D eigenvalue weighted by Crippen LogP contribution is -2.50. The molecule has 0 aromatic heterocycles. The maximum absolute atomic E-state index is 12.9. The molecule has 0 N–H and O–H groups in total. The Hall–Kier alpha value is -1.24. The van der Waals surface area contributed by atoms with Crippen molar-refractivity contribution in [1.82, 2.24) is 8.61 Å². The van der Waals surface area contributed by atoms with E-state index in [4.69, 9.17) is 0 Å². The van der Waals surface area contributed by atoms with Gasteiger partial charge in [0.05, 0.1) is 0 Å². The van der Waals surface area contributed by atoms with E-state index in [9.17, 15) is 13.2 Å². The van der Waals surface area contributed by atoms with Gasteiger partial charge in [0.1, 0.15) is 0 Å². The van der Waals surface area contributed by atoms with Crippen molar-refractivity contribution in [2.24, 2.45) is 5.92 Å². The number of piperidine rings is 1. The average Bonchev–Trinajstić information content (AvgIpc) is 2.68. The van der Waals surface area contributed by atoms with E-state index in [-0.39, 0.29) is 17.7 Å². The first-order chi connectivity index (χ1) is 12.0. The molecule has 0 bridgehead atoms. The minimum Gasteiger partial charge on any atom is -0.294 e. The number of nitrogens with zero attached hydrogens (tertiary/aromatic N) is 2. The Bertz CT molecular complexity index is 676. The van der Waals surface area contributed by atoms with Crippen LogP contribution in [0.25, 0.3) is 0 Å². The molecule has 1 saturated heterocycles. The Morgan fingerprint density at radius 1 is 1.00 bits per heavy atom. The van der Waals surface area contributed by atoms with Crippen molar-refractivity contribution in [2.75, 3.05) is 20.1 Å². The van der Waals surface area contributed by atoms with Crippen molar-refractivity contribution in [1.29, 1.82) is 0 Å². The van der Waals surface area contributed by atoms with Gasteiger partial charge >= 0.3 is 0 Å². The van der Waals surface area contributed by atoms with Crippen molar-refractivity contribution in [2.45, 2.75) is 51.0 Å². The second-order valence-corrected chi connectivity index (χ2v) is 9.21. The van der Waals surface area contributed by atoms with Gasteiger partial charge in [-0.05, 0) is 25.7 Å². The second-order valence-electron chi connectivity index (χ2n) is 7.22. The van der Waals surface area contributed by atoms with Crippen LogP contribution in [0.4, 0.5) is 0 Å². The van der Waals surface area contributed by atoms with Crippen molar-refractivity contribution >= 4 is 16.0 Å². The number of benzene rings is 1. The summed E-state index contributed by atoms with van der Waals surface area (Å²) < 4.78 is 28.9. The fourth-order valence-electron chi connectivity index (χ4n) is 4.00. The summed E-state index contributed by atoms with van der Waals surface area (Å²) in [6, 6.07) is 9.43. The summed E-state index contributed by atoms with van der Waals surface area (Å²) in [5.41, 5.74) is 0.725. The molecule has 0 spiro atoms. The monoisotopic (exact) mass is 364 g/mol. The van der Waals surface area contributed by atoms with Crippen LogP contribution in [0.15, 0.2) is 30.3 Å². The van der Waals surface area contributed by atoms with Crippen LogP contribution >= 0.6 is 0 Å². The molecule has 1 heterocycles. The van der Waals surface area contributed by atoms with Gasteiger partial charge in [0.25, 0.3) is 10.2 Å². The summed E-state index contributed by atoms with van der Waals surface area (Å²) in [6.07, 6.45) is 6.54. The zero-order chi connectivity index (χ0) is 17.9. The molecule has 6 heteroatoms. The van der Waals surface area contributed by atoms with Crippen molar-refractivity contribution in [3.63, 3.8) is 0 Å². The number of hydrogen-bond donors (Lipinski definition) is 0. The first kappa shape index (κ1) is 18.5. The lowest BCUT2D eigenvalue weighted by molar-refractivity contribution is 0.0872. The number of rotatable bonds is 5. The normalized spacial score (nSPS) is 21.5. The van der Waals surface area contributed by atoms with Gasteiger partial charge in [-0.15, -0.1) is 0 Å². The topological polar surface area (TPSA) is 57.7 Å². The van der Waals surface area contributed by atoms with Crippen LogP contribution in [-0.4, -0.2) is 49.0 Å². The molecular formula is C19H28N2O3S. The van der Waals surface area contributed by atoms with Crippen LogP contribution in [-0.2, 0) is 10.2 Å². The lowest BCUT2D eigenvalue weighted by Gasteiger charge is -2.37. The van der Waals surface area contributed by atoms with E-state index in [1.807, 2.05) is 30.3 Å². The summed E-state index contributed by atoms with van der Waals surface area (Å²) in [5.74, 6) is 0.0621. The smallest absolute Gasteiger partial charge is 0.281 e. The first-order valence-corrected chi connectivity index (χ1v) is 10.7. The van der Waals surface area contributed by atoms with E-state index >= 15 is 0 Å². The highest BCUT2D eigenvalue weighted by atomic mass is 32.2. The molecule has 1 aliphatic carbocycles. The van der Waals surface area contributed by atoms with Crippen molar-refractivity contribution in [3.05, 3.63) is 35.9 Å². The Labute approximate surface area is 151 Å². The van der Waals surface area contributed by atoms with Gasteiger partial charge in [-0.1, -0.05) is 49.6 Å². The molecule has 1 saturated carbocycles. The molecule has 25 heavy (non-hydrogen) atoms. The molecule has 2 aliphatic rings. The number of hydrogen-bond acceptors (Lipinski definition) is 3. The number of carbonyl (C=O) groups is 1. The van der Waals surface area contributed by atoms with Crippen molar-refractivity contribution < 1.29 is 13.2 Å². The Balaban J connectivity index is 1.60. The third-order valence-electron chi connectivity index (χ3n) is 5.66. The number of carbonyl (C=O) groups excluding carboxylic acids is 1. The second kappa shape index (κ2) is 7.98. The SMILES string of the molecule is CN(C1CCCCC1)S(=O)(=O)N1CCC(C(=O)c2ccccc2)CC1. The zero-order valence-electron chi connectivity index (χ0n) is 14.9. The highest BCUT2D eigenvalue weighted by Gasteiger charge is 2.36. The fourth-order valence-corrected chi connectivity index (χ4v) is 5.63. The van der Waals surface area contributed by atoms with E-state index in [0.717, 1.165) is 31.2 Å². The fraction of sp³-hybridized carbons (Fsp3) is 0.632. The van der Waals surface area contributed by atoms with E-state index in [0.29, 0.717) is 25.9 Å². The Morgan fingerprint density at radius 2 is 1.60 bits per heavy atom. The average molecular weight is 365 g/mol. The Morgan fingerprint density at radius 3 is 2.20 bits per heavy atom. The molecule has 1 aliphatic heterocycles. The molecule has 5 nitrogen and oxygen atoms in total. The van der Waals surface area contributed by atoms with Gasteiger partial charge in [0.15, 0.2) is 5.78 Å².